The van der Waals surface area contributed by atoms with Crippen molar-refractivity contribution in [2.45, 2.75) is 89.1 Å². The fraction of sp³-hybridized carbons (Fsp3) is 0.464. The maximum absolute atomic E-state index is 13.2. The number of thioether (sulfide) groups is 1. The zero-order valence-corrected chi connectivity index (χ0v) is 21.2. The van der Waals surface area contributed by atoms with E-state index in [-0.39, 0.29) is 16.9 Å². The lowest BCUT2D eigenvalue weighted by atomic mass is 9.84. The average Bonchev–Trinajstić information content (AvgIpc) is 2.74. The lowest BCUT2D eigenvalue weighted by molar-refractivity contribution is -0.159. The van der Waals surface area contributed by atoms with Gasteiger partial charge in [-0.3, -0.25) is 0 Å². The van der Waals surface area contributed by atoms with Crippen molar-refractivity contribution in [3.8, 4) is 5.75 Å². The highest BCUT2D eigenvalue weighted by atomic mass is 32.2. The molecule has 0 radical (unpaired) electrons. The number of aliphatic hydroxyl groups is 1. The monoisotopic (exact) mass is 468 g/mol. The maximum Gasteiger partial charge on any atom is 0.349 e. The van der Waals surface area contributed by atoms with Gasteiger partial charge in [0.25, 0.3) is 0 Å². The molecule has 4 nitrogen and oxygen atoms in total. The first kappa shape index (κ1) is 25.2. The van der Waals surface area contributed by atoms with Crippen LogP contribution in [0.5, 0.6) is 5.75 Å². The Hall–Kier alpha value is -2.40. The summed E-state index contributed by atoms with van der Waals surface area (Å²) in [5.41, 5.74) is 2.53. The summed E-state index contributed by atoms with van der Waals surface area (Å²) in [6.45, 7) is 10.6. The van der Waals surface area contributed by atoms with Gasteiger partial charge in [-0.05, 0) is 72.9 Å². The second-order valence-corrected chi connectivity index (χ2v) is 11.2. The molecule has 0 bridgehead atoms. The number of rotatable bonds is 8. The van der Waals surface area contributed by atoms with E-state index in [1.54, 1.807) is 12.1 Å². The van der Waals surface area contributed by atoms with E-state index in [1.165, 1.54) is 11.8 Å². The van der Waals surface area contributed by atoms with Crippen LogP contribution in [0.2, 0.25) is 0 Å². The van der Waals surface area contributed by atoms with Crippen molar-refractivity contribution in [3.63, 3.8) is 0 Å². The normalized spacial score (nSPS) is 19.0. The number of carbonyl (C=O) groups is 1. The second-order valence-electron chi connectivity index (χ2n) is 10.1. The zero-order chi connectivity index (χ0) is 24.2. The zero-order valence-electron chi connectivity index (χ0n) is 20.4. The lowest BCUT2D eigenvalue weighted by Gasteiger charge is -2.37. The fourth-order valence-electron chi connectivity index (χ4n) is 4.26. The van der Waals surface area contributed by atoms with Crippen molar-refractivity contribution in [1.82, 2.24) is 0 Å². The molecule has 33 heavy (non-hydrogen) atoms. The Balaban J connectivity index is 1.86. The summed E-state index contributed by atoms with van der Waals surface area (Å²) in [4.78, 5) is 14.5. The van der Waals surface area contributed by atoms with Crippen molar-refractivity contribution in [3.05, 3.63) is 69.8 Å². The number of ether oxygens (including phenoxy) is 1. The predicted octanol–water partition coefficient (Wildman–Crippen LogP) is 7.37. The van der Waals surface area contributed by atoms with Crippen LogP contribution < -0.4 is 0 Å². The van der Waals surface area contributed by atoms with Crippen molar-refractivity contribution >= 4 is 17.7 Å². The number of cyclic esters (lactones) is 1. The highest BCUT2D eigenvalue weighted by molar-refractivity contribution is 8.04. The van der Waals surface area contributed by atoms with Crippen LogP contribution in [0.3, 0.4) is 0 Å². The molecule has 1 unspecified atom stereocenters. The number of aryl methyl sites for hydroxylation is 2. The Bertz CT molecular complexity index is 1020. The third-order valence-electron chi connectivity index (χ3n) is 6.20. The molecule has 1 aliphatic rings. The number of carbonyl (C=O) groups excluding carboxylic acids is 1. The van der Waals surface area contributed by atoms with Crippen LogP contribution in [0.1, 0.15) is 76.5 Å². The Kier molecular flexibility index (Phi) is 7.84. The second kappa shape index (κ2) is 10.3. The third-order valence-corrected chi connectivity index (χ3v) is 7.36. The third kappa shape index (κ3) is 6.35. The molecule has 2 aromatic carbocycles. The largest absolute Gasteiger partial charge is 0.511 e. The molecule has 1 atom stereocenters. The van der Waals surface area contributed by atoms with Gasteiger partial charge in [0, 0.05) is 11.3 Å². The molecule has 1 heterocycles. The van der Waals surface area contributed by atoms with Crippen LogP contribution in [0.4, 0.5) is 0 Å². The molecule has 0 spiro atoms. The van der Waals surface area contributed by atoms with Crippen molar-refractivity contribution in [2.24, 2.45) is 0 Å². The van der Waals surface area contributed by atoms with E-state index in [2.05, 4.69) is 45.9 Å². The average molecular weight is 469 g/mol. The summed E-state index contributed by atoms with van der Waals surface area (Å²) in [7, 11) is 0. The minimum Gasteiger partial charge on any atom is -0.511 e. The Labute approximate surface area is 202 Å². The summed E-state index contributed by atoms with van der Waals surface area (Å²) in [5, 5.41) is 20.6. The van der Waals surface area contributed by atoms with Crippen molar-refractivity contribution < 1.29 is 19.7 Å². The van der Waals surface area contributed by atoms with Gasteiger partial charge >= 0.3 is 5.97 Å². The van der Waals surface area contributed by atoms with Crippen LogP contribution in [-0.4, -0.2) is 21.8 Å². The Morgan fingerprint density at radius 1 is 1.06 bits per heavy atom. The molecule has 1 aliphatic heterocycles. The van der Waals surface area contributed by atoms with Crippen LogP contribution in [0.25, 0.3) is 0 Å². The molecular formula is C28H36O4S. The number of phenols is 1. The molecule has 2 N–H and O–H groups in total. The Morgan fingerprint density at radius 2 is 1.76 bits per heavy atom. The number of unbranched alkanes of at least 4 members (excludes halogenated alkanes) is 1. The number of phenolic OH excluding ortho intramolecular Hbond substituents is 1. The standard InChI is InChI=1S/C28H36O4S/c1-6-7-15-28(16-14-20-9-11-21(29)12-10-20)18-23(30)25(26(31)32-28)33-24-17-19(2)8-13-22(24)27(3,4)5/h8-13,17,29-30H,6-7,14-16,18H2,1-5H3. The van der Waals surface area contributed by atoms with E-state index < -0.39 is 11.6 Å². The molecule has 5 heteroatoms. The molecule has 0 aromatic heterocycles. The highest BCUT2D eigenvalue weighted by Crippen LogP contribution is 2.44. The fourth-order valence-corrected chi connectivity index (χ4v) is 5.53. The Morgan fingerprint density at radius 3 is 2.36 bits per heavy atom. The van der Waals surface area contributed by atoms with Gasteiger partial charge in [-0.25, -0.2) is 4.79 Å². The first-order valence-corrected chi connectivity index (χ1v) is 12.6. The molecule has 0 fully saturated rings. The number of aromatic hydroxyl groups is 1. The quantitative estimate of drug-likeness (QED) is 0.396. The highest BCUT2D eigenvalue weighted by Gasteiger charge is 2.42. The van der Waals surface area contributed by atoms with Crippen molar-refractivity contribution in [1.29, 1.82) is 0 Å². The smallest absolute Gasteiger partial charge is 0.349 e. The summed E-state index contributed by atoms with van der Waals surface area (Å²) in [5.74, 6) is -0.0806. The van der Waals surface area contributed by atoms with E-state index in [1.807, 2.05) is 19.1 Å². The number of hydrogen-bond donors (Lipinski definition) is 2. The van der Waals surface area contributed by atoms with E-state index in [4.69, 9.17) is 4.74 Å². The van der Waals surface area contributed by atoms with E-state index >= 15 is 0 Å². The SMILES string of the molecule is CCCCC1(CCc2ccc(O)cc2)CC(O)=C(Sc2cc(C)ccc2C(C)(C)C)C(=O)O1. The van der Waals surface area contributed by atoms with E-state index in [0.717, 1.165) is 34.4 Å². The number of benzene rings is 2. The van der Waals surface area contributed by atoms with Gasteiger partial charge < -0.3 is 14.9 Å². The number of hydrogen-bond acceptors (Lipinski definition) is 5. The van der Waals surface area contributed by atoms with Gasteiger partial charge in [0.2, 0.25) is 0 Å². The minimum absolute atomic E-state index is 0.0835. The van der Waals surface area contributed by atoms with Gasteiger partial charge in [-0.15, -0.1) is 0 Å². The molecule has 0 amide bonds. The van der Waals surface area contributed by atoms with Gasteiger partial charge in [0.05, 0.1) is 0 Å². The van der Waals surface area contributed by atoms with Crippen LogP contribution >= 0.6 is 11.8 Å². The predicted molar refractivity (Wildman–Crippen MR) is 135 cm³/mol. The van der Waals surface area contributed by atoms with Crippen LogP contribution in [-0.2, 0) is 21.4 Å². The maximum atomic E-state index is 13.2. The molecule has 0 aliphatic carbocycles. The first-order valence-electron chi connectivity index (χ1n) is 11.8. The van der Waals surface area contributed by atoms with Gasteiger partial charge in [-0.2, -0.15) is 0 Å². The summed E-state index contributed by atoms with van der Waals surface area (Å²) in [6, 6.07) is 13.4. The van der Waals surface area contributed by atoms with Gasteiger partial charge in [-0.1, -0.05) is 70.1 Å². The summed E-state index contributed by atoms with van der Waals surface area (Å²) < 4.78 is 6.11. The molecule has 2 aromatic rings. The minimum atomic E-state index is -0.710. The molecule has 0 saturated carbocycles. The van der Waals surface area contributed by atoms with Crippen molar-refractivity contribution in [2.75, 3.05) is 0 Å². The molecule has 3 rings (SSSR count). The number of esters is 1. The molecular weight excluding hydrogens is 432 g/mol. The van der Waals surface area contributed by atoms with Gasteiger partial charge in [0.15, 0.2) is 0 Å². The molecule has 178 valence electrons. The number of aliphatic hydroxyl groups excluding tert-OH is 1. The lowest BCUT2D eigenvalue weighted by Crippen LogP contribution is -2.40. The summed E-state index contributed by atoms with van der Waals surface area (Å²) >= 11 is 1.32. The van der Waals surface area contributed by atoms with Gasteiger partial charge in [0.1, 0.15) is 22.0 Å². The van der Waals surface area contributed by atoms with Crippen LogP contribution in [0.15, 0.2) is 58.0 Å². The topological polar surface area (TPSA) is 66.8 Å². The summed E-state index contributed by atoms with van der Waals surface area (Å²) in [6.07, 6.45) is 4.29. The first-order chi connectivity index (χ1) is 15.5. The van der Waals surface area contributed by atoms with E-state index in [9.17, 15) is 15.0 Å². The van der Waals surface area contributed by atoms with Crippen LogP contribution in [0, 0.1) is 6.92 Å². The molecule has 0 saturated heterocycles. The van der Waals surface area contributed by atoms with E-state index in [0.29, 0.717) is 30.6 Å².